The Hall–Kier alpha value is -2.39. The van der Waals surface area contributed by atoms with Gasteiger partial charge in [-0.15, -0.1) is 13.2 Å². The summed E-state index contributed by atoms with van der Waals surface area (Å²) < 4.78 is 50.6. The van der Waals surface area contributed by atoms with E-state index in [-0.39, 0.29) is 18.1 Å². The van der Waals surface area contributed by atoms with Gasteiger partial charge in [0.15, 0.2) is 5.75 Å². The Morgan fingerprint density at radius 1 is 0.957 bits per heavy atom. The summed E-state index contributed by atoms with van der Waals surface area (Å²) in [6, 6.07) is 11.9. The second kappa shape index (κ2) is 7.25. The molecule has 0 radical (unpaired) electrons. The lowest BCUT2D eigenvalue weighted by Gasteiger charge is -2.15. The molecule has 2 aromatic carbocycles. The minimum atomic E-state index is -4.85. The molecule has 0 bridgehead atoms. The summed E-state index contributed by atoms with van der Waals surface area (Å²) >= 11 is 0. The Labute approximate surface area is 130 Å². The SMILES string of the molecule is OB(O)Oc1ccc(OC(F)(F)F)cc1OCc1ccccc1. The van der Waals surface area contributed by atoms with Crippen LogP contribution in [0.15, 0.2) is 48.5 Å². The van der Waals surface area contributed by atoms with E-state index in [9.17, 15) is 13.2 Å². The van der Waals surface area contributed by atoms with Crippen molar-refractivity contribution >= 4 is 7.32 Å². The molecule has 0 amide bonds. The number of alkyl halides is 3. The first-order valence-electron chi connectivity index (χ1n) is 6.43. The zero-order valence-electron chi connectivity index (χ0n) is 11.7. The van der Waals surface area contributed by atoms with Gasteiger partial charge in [0.2, 0.25) is 0 Å². The van der Waals surface area contributed by atoms with Crippen LogP contribution in [0, 0.1) is 0 Å². The Balaban J connectivity index is 2.19. The number of halogens is 3. The standard InChI is InChI=1S/C14H12BF3O5/c16-14(17,18)22-11-6-7-12(23-15(19)20)13(8-11)21-9-10-4-2-1-3-5-10/h1-8,19-20H,9H2. The van der Waals surface area contributed by atoms with Crippen molar-refractivity contribution in [3.63, 3.8) is 0 Å². The van der Waals surface area contributed by atoms with Crippen LogP contribution in [-0.2, 0) is 6.61 Å². The van der Waals surface area contributed by atoms with Gasteiger partial charge < -0.3 is 24.2 Å². The highest BCUT2D eigenvalue weighted by Crippen LogP contribution is 2.34. The van der Waals surface area contributed by atoms with Crippen LogP contribution in [0.2, 0.25) is 0 Å². The molecule has 0 fully saturated rings. The maximum Gasteiger partial charge on any atom is 0.707 e. The van der Waals surface area contributed by atoms with Crippen LogP contribution >= 0.6 is 0 Å². The first kappa shape index (κ1) is 17.0. The monoisotopic (exact) mass is 328 g/mol. The van der Waals surface area contributed by atoms with Gasteiger partial charge >= 0.3 is 13.7 Å². The maximum atomic E-state index is 12.3. The summed E-state index contributed by atoms with van der Waals surface area (Å²) in [5, 5.41) is 17.7. The highest BCUT2D eigenvalue weighted by Gasteiger charge is 2.31. The fourth-order valence-corrected chi connectivity index (χ4v) is 1.74. The van der Waals surface area contributed by atoms with Crippen LogP contribution in [-0.4, -0.2) is 23.7 Å². The van der Waals surface area contributed by atoms with Crippen LogP contribution in [0.5, 0.6) is 17.2 Å². The average Bonchev–Trinajstić information content (AvgIpc) is 2.46. The number of hydrogen-bond acceptors (Lipinski definition) is 5. The van der Waals surface area contributed by atoms with Gasteiger partial charge in [0.05, 0.1) is 0 Å². The van der Waals surface area contributed by atoms with Gasteiger partial charge in [-0.3, -0.25) is 0 Å². The van der Waals surface area contributed by atoms with E-state index in [0.717, 1.165) is 23.8 Å². The predicted octanol–water partition coefficient (Wildman–Crippen LogP) is 2.51. The quantitative estimate of drug-likeness (QED) is 0.798. The minimum Gasteiger partial charge on any atom is -0.509 e. The van der Waals surface area contributed by atoms with Crippen LogP contribution < -0.4 is 14.1 Å². The normalized spacial score (nSPS) is 11.0. The fourth-order valence-electron chi connectivity index (χ4n) is 1.74. The molecule has 0 aliphatic carbocycles. The molecule has 2 rings (SSSR count). The van der Waals surface area contributed by atoms with Crippen molar-refractivity contribution in [3.05, 3.63) is 54.1 Å². The Kier molecular flexibility index (Phi) is 5.35. The van der Waals surface area contributed by atoms with Crippen molar-refractivity contribution in [1.29, 1.82) is 0 Å². The van der Waals surface area contributed by atoms with Crippen molar-refractivity contribution in [1.82, 2.24) is 0 Å². The molecule has 9 heteroatoms. The van der Waals surface area contributed by atoms with Gasteiger partial charge in [0.1, 0.15) is 18.1 Å². The number of hydrogen-bond donors (Lipinski definition) is 2. The lowest BCUT2D eigenvalue weighted by atomic mass is 10.2. The van der Waals surface area contributed by atoms with Crippen molar-refractivity contribution in [2.45, 2.75) is 13.0 Å². The molecule has 0 aliphatic heterocycles. The summed E-state index contributed by atoms with van der Waals surface area (Å²) in [6.07, 6.45) is -4.85. The average molecular weight is 328 g/mol. The van der Waals surface area contributed by atoms with Crippen molar-refractivity contribution in [2.24, 2.45) is 0 Å². The van der Waals surface area contributed by atoms with Crippen LogP contribution in [0.25, 0.3) is 0 Å². The number of benzene rings is 2. The fraction of sp³-hybridized carbons (Fsp3) is 0.143. The molecule has 122 valence electrons. The third-order valence-electron chi connectivity index (χ3n) is 2.62. The molecule has 23 heavy (non-hydrogen) atoms. The molecular weight excluding hydrogens is 316 g/mol. The molecule has 2 aromatic rings. The topological polar surface area (TPSA) is 68.2 Å². The highest BCUT2D eigenvalue weighted by atomic mass is 19.4. The zero-order valence-corrected chi connectivity index (χ0v) is 11.7. The molecule has 2 N–H and O–H groups in total. The van der Waals surface area contributed by atoms with E-state index in [1.807, 2.05) is 0 Å². The first-order valence-corrected chi connectivity index (χ1v) is 6.43. The summed E-state index contributed by atoms with van der Waals surface area (Å²) in [7, 11) is -2.14. The smallest absolute Gasteiger partial charge is 0.509 e. The molecule has 0 aromatic heterocycles. The largest absolute Gasteiger partial charge is 0.707 e. The summed E-state index contributed by atoms with van der Waals surface area (Å²) in [5.74, 6) is -0.769. The molecule has 0 saturated heterocycles. The molecule has 0 spiro atoms. The lowest BCUT2D eigenvalue weighted by molar-refractivity contribution is -0.274. The van der Waals surface area contributed by atoms with E-state index >= 15 is 0 Å². The van der Waals surface area contributed by atoms with Crippen molar-refractivity contribution in [3.8, 4) is 17.2 Å². The Morgan fingerprint density at radius 3 is 2.26 bits per heavy atom. The second-order valence-electron chi connectivity index (χ2n) is 4.37. The van der Waals surface area contributed by atoms with Crippen molar-refractivity contribution < 1.29 is 37.3 Å². The summed E-state index contributed by atoms with van der Waals surface area (Å²) in [4.78, 5) is 0. The van der Waals surface area contributed by atoms with E-state index < -0.39 is 19.4 Å². The second-order valence-corrected chi connectivity index (χ2v) is 4.37. The van der Waals surface area contributed by atoms with Crippen LogP contribution in [0.1, 0.15) is 5.56 Å². The van der Waals surface area contributed by atoms with Crippen LogP contribution in [0.3, 0.4) is 0 Å². The van der Waals surface area contributed by atoms with Gasteiger partial charge in [0.25, 0.3) is 0 Å². The molecule has 0 saturated carbocycles. The molecule has 0 heterocycles. The van der Waals surface area contributed by atoms with Gasteiger partial charge in [-0.25, -0.2) is 0 Å². The van der Waals surface area contributed by atoms with E-state index in [0.29, 0.717) is 0 Å². The maximum absolute atomic E-state index is 12.3. The third kappa shape index (κ3) is 5.72. The summed E-state index contributed by atoms with van der Waals surface area (Å²) in [5.41, 5.74) is 0.769. The van der Waals surface area contributed by atoms with E-state index in [1.54, 1.807) is 30.3 Å². The van der Waals surface area contributed by atoms with E-state index in [1.165, 1.54) is 0 Å². The van der Waals surface area contributed by atoms with Gasteiger partial charge in [-0.05, 0) is 17.7 Å². The number of rotatable bonds is 6. The van der Waals surface area contributed by atoms with Crippen LogP contribution in [0.4, 0.5) is 13.2 Å². The third-order valence-corrected chi connectivity index (χ3v) is 2.62. The molecular formula is C14H12BF3O5. The number of ether oxygens (including phenoxy) is 2. The predicted molar refractivity (Wildman–Crippen MR) is 74.7 cm³/mol. The highest BCUT2D eigenvalue weighted by molar-refractivity contribution is 6.33. The van der Waals surface area contributed by atoms with E-state index in [4.69, 9.17) is 14.8 Å². The molecule has 0 atom stereocenters. The summed E-state index contributed by atoms with van der Waals surface area (Å²) in [6.45, 7) is 0.0498. The van der Waals surface area contributed by atoms with Gasteiger partial charge in [0, 0.05) is 6.07 Å². The zero-order chi connectivity index (χ0) is 16.9. The lowest BCUT2D eigenvalue weighted by Crippen LogP contribution is -2.21. The first-order chi connectivity index (χ1) is 10.8. The van der Waals surface area contributed by atoms with Gasteiger partial charge in [-0.2, -0.15) is 0 Å². The molecule has 0 unspecified atom stereocenters. The molecule has 0 aliphatic rings. The Morgan fingerprint density at radius 2 is 1.65 bits per heavy atom. The van der Waals surface area contributed by atoms with Crippen molar-refractivity contribution in [2.75, 3.05) is 0 Å². The van der Waals surface area contributed by atoms with E-state index in [2.05, 4.69) is 9.39 Å². The Bertz CT molecular complexity index is 634. The van der Waals surface area contributed by atoms with Gasteiger partial charge in [-0.1, -0.05) is 30.3 Å². The minimum absolute atomic E-state index is 0.0498. The molecule has 5 nitrogen and oxygen atoms in total.